The van der Waals surface area contributed by atoms with Gasteiger partial charge in [0.15, 0.2) is 0 Å². The monoisotopic (exact) mass is 521 g/mol. The number of aromatic nitrogens is 2. The summed E-state index contributed by atoms with van der Waals surface area (Å²) in [6.45, 7) is 5.36. The van der Waals surface area contributed by atoms with Crippen LogP contribution < -0.4 is 15.8 Å². The lowest BCUT2D eigenvalue weighted by molar-refractivity contribution is 0.177. The Morgan fingerprint density at radius 1 is 1.26 bits per heavy atom. The third kappa shape index (κ3) is 5.61. The number of nitrogens with one attached hydrogen (secondary N) is 2. The number of primary sulfonamides is 1. The predicted octanol–water partition coefficient (Wildman–Crippen LogP) is 3.14. The van der Waals surface area contributed by atoms with Crippen LogP contribution in [0.4, 0.5) is 17.5 Å². The summed E-state index contributed by atoms with van der Waals surface area (Å²) in [4.78, 5) is 8.68. The molecule has 0 amide bonds. The van der Waals surface area contributed by atoms with E-state index in [9.17, 15) is 13.5 Å². The van der Waals surface area contributed by atoms with E-state index in [-0.39, 0.29) is 10.9 Å². The van der Waals surface area contributed by atoms with Crippen LogP contribution in [0.1, 0.15) is 26.3 Å². The van der Waals surface area contributed by atoms with E-state index in [1.54, 1.807) is 25.3 Å². The molecule has 5 N–H and O–H groups in total. The summed E-state index contributed by atoms with van der Waals surface area (Å²) in [5.41, 5.74) is 1.19. The van der Waals surface area contributed by atoms with E-state index in [0.717, 1.165) is 0 Å². The van der Waals surface area contributed by atoms with Crippen molar-refractivity contribution in [1.29, 1.82) is 0 Å². The van der Waals surface area contributed by atoms with Crippen molar-refractivity contribution >= 4 is 59.3 Å². The molecule has 11 heteroatoms. The van der Waals surface area contributed by atoms with E-state index < -0.39 is 16.1 Å². The van der Waals surface area contributed by atoms with Crippen LogP contribution in [0.3, 0.4) is 0 Å². The smallest absolute Gasteiger partial charge is 0.239 e. The maximum atomic E-state index is 11.8. The van der Waals surface area contributed by atoms with Gasteiger partial charge in [0.1, 0.15) is 5.82 Å². The lowest BCUT2D eigenvalue weighted by atomic mass is 10.1. The largest absolute Gasteiger partial charge is 0.391 e. The Bertz CT molecular complexity index is 938. The minimum absolute atomic E-state index is 0.0698. The fourth-order valence-electron chi connectivity index (χ4n) is 2.30. The molecule has 1 aromatic heterocycles. The highest BCUT2D eigenvalue weighted by atomic mass is 79.9. The van der Waals surface area contributed by atoms with Crippen molar-refractivity contribution in [3.05, 3.63) is 32.8 Å². The van der Waals surface area contributed by atoms with E-state index >= 15 is 0 Å². The van der Waals surface area contributed by atoms with Crippen LogP contribution in [0.15, 0.2) is 32.2 Å². The van der Waals surface area contributed by atoms with Crippen molar-refractivity contribution in [3.63, 3.8) is 0 Å². The van der Waals surface area contributed by atoms with Gasteiger partial charge in [-0.15, -0.1) is 0 Å². The third-order valence-electron chi connectivity index (χ3n) is 3.87. The molecule has 0 fully saturated rings. The van der Waals surface area contributed by atoms with Crippen LogP contribution >= 0.6 is 31.9 Å². The van der Waals surface area contributed by atoms with Crippen molar-refractivity contribution in [2.45, 2.75) is 44.2 Å². The highest BCUT2D eigenvalue weighted by molar-refractivity contribution is 9.10. The second-order valence-electron chi connectivity index (χ2n) is 6.03. The van der Waals surface area contributed by atoms with Gasteiger partial charge in [-0.05, 0) is 69.8 Å². The Balaban J connectivity index is 2.36. The van der Waals surface area contributed by atoms with Gasteiger partial charge in [-0.2, -0.15) is 4.98 Å². The number of nitrogens with two attached hydrogens (primary N) is 1. The fraction of sp³-hybridized carbons (Fsp3) is 0.375. The second kappa shape index (κ2) is 8.82. The van der Waals surface area contributed by atoms with Gasteiger partial charge in [-0.1, -0.05) is 6.92 Å². The molecule has 0 spiro atoms. The quantitative estimate of drug-likeness (QED) is 0.439. The van der Waals surface area contributed by atoms with Crippen molar-refractivity contribution in [3.8, 4) is 0 Å². The number of sulfonamides is 1. The fourth-order valence-corrected chi connectivity index (χ4v) is 4.68. The topological polar surface area (TPSA) is 130 Å². The summed E-state index contributed by atoms with van der Waals surface area (Å²) in [5.74, 6) is 0.840. The van der Waals surface area contributed by atoms with Crippen LogP contribution in [0.2, 0.25) is 0 Å². The van der Waals surface area contributed by atoms with Gasteiger partial charge in [-0.25, -0.2) is 18.5 Å². The summed E-state index contributed by atoms with van der Waals surface area (Å²) < 4.78 is 24.6. The number of rotatable bonds is 7. The minimum Gasteiger partial charge on any atom is -0.391 e. The predicted molar refractivity (Wildman–Crippen MR) is 113 cm³/mol. The summed E-state index contributed by atoms with van der Waals surface area (Å²) in [5, 5.41) is 21.1. The second-order valence-corrected chi connectivity index (χ2v) is 9.24. The number of halogens is 2. The summed E-state index contributed by atoms with van der Waals surface area (Å²) >= 11 is 6.65. The number of anilines is 3. The van der Waals surface area contributed by atoms with E-state index in [1.165, 1.54) is 0 Å². The molecule has 1 heterocycles. The van der Waals surface area contributed by atoms with E-state index in [0.29, 0.717) is 38.4 Å². The third-order valence-corrected chi connectivity index (χ3v) is 6.39. The molecule has 0 saturated heterocycles. The normalized spacial score (nSPS) is 13.9. The molecule has 0 bridgehead atoms. The van der Waals surface area contributed by atoms with Gasteiger partial charge in [0.25, 0.3) is 0 Å². The number of benzene rings is 1. The molecule has 1 aromatic carbocycles. The average molecular weight is 523 g/mol. The number of hydrogen-bond acceptors (Lipinski definition) is 7. The van der Waals surface area contributed by atoms with Crippen molar-refractivity contribution in [2.75, 3.05) is 10.6 Å². The van der Waals surface area contributed by atoms with Gasteiger partial charge in [0.2, 0.25) is 16.0 Å². The molecule has 0 unspecified atom stereocenters. The molecule has 0 aliphatic carbocycles. The lowest BCUT2D eigenvalue weighted by Crippen LogP contribution is -2.28. The van der Waals surface area contributed by atoms with E-state index in [4.69, 9.17) is 5.14 Å². The average Bonchev–Trinajstić information content (AvgIpc) is 2.55. The van der Waals surface area contributed by atoms with Gasteiger partial charge >= 0.3 is 0 Å². The first-order valence-electron chi connectivity index (χ1n) is 8.12. The minimum atomic E-state index is -3.85. The highest BCUT2D eigenvalue weighted by Gasteiger charge is 2.19. The number of aliphatic hydroxyl groups is 1. The van der Waals surface area contributed by atoms with Gasteiger partial charge < -0.3 is 15.7 Å². The first-order valence-corrected chi connectivity index (χ1v) is 11.3. The van der Waals surface area contributed by atoms with Crippen LogP contribution in [0, 0.1) is 0 Å². The van der Waals surface area contributed by atoms with Crippen LogP contribution in [0.5, 0.6) is 0 Å². The molecule has 2 rings (SSSR count). The summed E-state index contributed by atoms with van der Waals surface area (Å²) in [6.07, 6.45) is 1.51. The first-order chi connectivity index (χ1) is 12.5. The molecule has 8 nitrogen and oxygen atoms in total. The Labute approximate surface area is 175 Å². The zero-order chi connectivity index (χ0) is 20.4. The lowest BCUT2D eigenvalue weighted by Gasteiger charge is -2.18. The van der Waals surface area contributed by atoms with Crippen molar-refractivity contribution < 1.29 is 13.5 Å². The Kier molecular flexibility index (Phi) is 7.20. The van der Waals surface area contributed by atoms with Gasteiger partial charge in [-0.3, -0.25) is 0 Å². The number of nitrogens with zero attached hydrogens (tertiary/aromatic N) is 2. The maximum Gasteiger partial charge on any atom is 0.239 e. The Morgan fingerprint density at radius 2 is 1.93 bits per heavy atom. The Morgan fingerprint density at radius 3 is 2.48 bits per heavy atom. The number of aliphatic hydroxyl groups excluding tert-OH is 1. The molecule has 2 atom stereocenters. The summed E-state index contributed by atoms with van der Waals surface area (Å²) in [7, 11) is -3.85. The maximum absolute atomic E-state index is 11.8. The molecule has 0 aliphatic heterocycles. The van der Waals surface area contributed by atoms with E-state index in [1.807, 2.05) is 13.8 Å². The van der Waals surface area contributed by atoms with Crippen LogP contribution in [0.25, 0.3) is 0 Å². The number of hydrogen-bond donors (Lipinski definition) is 4. The number of aryl methyl sites for hydroxylation is 1. The first kappa shape index (κ1) is 22.0. The van der Waals surface area contributed by atoms with E-state index in [2.05, 4.69) is 52.5 Å². The SMILES string of the molecule is CCc1cc(Nc2ncc(Br)c(N[C@H](C)[C@@H](C)O)n2)cc(Br)c1S(N)(=O)=O. The van der Waals surface area contributed by atoms with Crippen LogP contribution in [-0.2, 0) is 16.4 Å². The molecule has 0 saturated carbocycles. The van der Waals surface area contributed by atoms with Crippen LogP contribution in [-0.4, -0.2) is 35.6 Å². The standard InChI is InChI=1S/C16H21Br2N5O3S/c1-4-10-5-11(6-12(17)14(10)27(19,25)26)22-16-20-7-13(18)15(23-16)21-8(2)9(3)24/h5-9,24H,4H2,1-3H3,(H2,19,25,26)(H2,20,21,22,23)/t8-,9-/m1/s1. The van der Waals surface area contributed by atoms with Crippen molar-refractivity contribution in [1.82, 2.24) is 9.97 Å². The molecular formula is C16H21Br2N5O3S. The summed E-state index contributed by atoms with van der Waals surface area (Å²) in [6, 6.07) is 3.09. The van der Waals surface area contributed by atoms with Crippen molar-refractivity contribution in [2.24, 2.45) is 5.14 Å². The zero-order valence-corrected chi connectivity index (χ0v) is 19.0. The molecular weight excluding hydrogens is 502 g/mol. The highest BCUT2D eigenvalue weighted by Crippen LogP contribution is 2.31. The molecule has 148 valence electrons. The molecule has 0 aliphatic rings. The zero-order valence-electron chi connectivity index (χ0n) is 15.0. The van der Waals surface area contributed by atoms with Gasteiger partial charge in [0, 0.05) is 16.4 Å². The van der Waals surface area contributed by atoms with Gasteiger partial charge in [0.05, 0.1) is 21.5 Å². The molecule has 27 heavy (non-hydrogen) atoms. The molecule has 0 radical (unpaired) electrons. The molecule has 2 aromatic rings. The Hall–Kier alpha value is -1.27.